The first-order chi connectivity index (χ1) is 17.7. The molecule has 2 unspecified atom stereocenters. The Morgan fingerprint density at radius 1 is 1.24 bits per heavy atom. The number of sulfone groups is 1. The van der Waals surface area contributed by atoms with E-state index in [1.807, 2.05) is 13.0 Å². The summed E-state index contributed by atoms with van der Waals surface area (Å²) >= 11 is 6.21. The third-order valence-corrected chi connectivity index (χ3v) is 8.54. The number of carbonyl (C=O) groups is 1. The Balaban J connectivity index is 1.68. The molecule has 0 bridgehead atoms. The van der Waals surface area contributed by atoms with Crippen molar-refractivity contribution in [3.8, 4) is 28.5 Å². The zero-order chi connectivity index (χ0) is 26.3. The lowest BCUT2D eigenvalue weighted by Gasteiger charge is -2.31. The Kier molecular flexibility index (Phi) is 6.63. The fourth-order valence-electron chi connectivity index (χ4n) is 5.00. The third kappa shape index (κ3) is 4.55. The molecule has 0 aliphatic carbocycles. The summed E-state index contributed by atoms with van der Waals surface area (Å²) in [5.41, 5.74) is 2.19. The lowest BCUT2D eigenvalue weighted by Crippen LogP contribution is -2.40. The van der Waals surface area contributed by atoms with E-state index in [1.165, 1.54) is 6.07 Å². The number of aromatic nitrogens is 2. The molecule has 1 amide bonds. The molecule has 3 heterocycles. The van der Waals surface area contributed by atoms with Crippen LogP contribution in [0.2, 0.25) is 5.02 Å². The number of hydrogen-bond acceptors (Lipinski definition) is 7. The van der Waals surface area contributed by atoms with Crippen LogP contribution in [0.1, 0.15) is 41.0 Å². The summed E-state index contributed by atoms with van der Waals surface area (Å²) in [5, 5.41) is 18.2. The van der Waals surface area contributed by atoms with Gasteiger partial charge in [0.05, 0.1) is 24.2 Å². The standard InChI is InChI=1S/C26H26ClN3O6S/c1-3-10-36-20-8-5-15(12-21(20)35-4-2)25-22-23(18-13-16(27)6-7-19(18)31)28-29-24(22)26(32)30(25)17-9-11-37(33,34)14-17/h3,5-8,12-13,17,25,31H,1,4,9-11,14H2,2H3,(H,28,29). The van der Waals surface area contributed by atoms with Gasteiger partial charge in [-0.05, 0) is 49.2 Å². The number of aromatic amines is 1. The number of nitrogens with zero attached hydrogens (tertiary/aromatic N) is 2. The van der Waals surface area contributed by atoms with Gasteiger partial charge in [-0.2, -0.15) is 5.10 Å². The first kappa shape index (κ1) is 25.2. The van der Waals surface area contributed by atoms with E-state index in [4.69, 9.17) is 21.1 Å². The molecule has 3 aromatic rings. The lowest BCUT2D eigenvalue weighted by atomic mass is 9.94. The predicted octanol–water partition coefficient (Wildman–Crippen LogP) is 4.13. The molecule has 2 aliphatic heterocycles. The molecule has 2 N–H and O–H groups in total. The number of H-pyrrole nitrogens is 1. The number of benzene rings is 2. The van der Waals surface area contributed by atoms with Crippen molar-refractivity contribution in [1.29, 1.82) is 0 Å². The van der Waals surface area contributed by atoms with Crippen LogP contribution in [0.15, 0.2) is 49.1 Å². The number of carbonyl (C=O) groups excluding carboxylic acids is 1. The molecular formula is C26H26ClN3O6S. The summed E-state index contributed by atoms with van der Waals surface area (Å²) in [6, 6.07) is 8.77. The highest BCUT2D eigenvalue weighted by Gasteiger charge is 2.48. The second kappa shape index (κ2) is 9.75. The molecule has 37 heavy (non-hydrogen) atoms. The van der Waals surface area contributed by atoms with E-state index in [9.17, 15) is 18.3 Å². The molecular weight excluding hydrogens is 518 g/mol. The molecule has 11 heteroatoms. The monoisotopic (exact) mass is 543 g/mol. The number of fused-ring (bicyclic) bond motifs is 1. The third-order valence-electron chi connectivity index (χ3n) is 6.56. The topological polar surface area (TPSA) is 122 Å². The summed E-state index contributed by atoms with van der Waals surface area (Å²) in [6.45, 7) is 6.21. The molecule has 2 aromatic carbocycles. The SMILES string of the molecule is C=CCOc1ccc(C2c3c(-c4cc(Cl)ccc4O)n[nH]c3C(=O)N2C2CCS(=O)(=O)C2)cc1OCC. The number of hydrogen-bond donors (Lipinski definition) is 2. The molecule has 0 saturated carbocycles. The van der Waals surface area contributed by atoms with Gasteiger partial charge in [0.25, 0.3) is 5.91 Å². The van der Waals surface area contributed by atoms with Crippen LogP contribution in [0.5, 0.6) is 17.2 Å². The van der Waals surface area contributed by atoms with Crippen molar-refractivity contribution < 1.29 is 27.8 Å². The van der Waals surface area contributed by atoms with Gasteiger partial charge in [-0.15, -0.1) is 0 Å². The number of nitrogens with one attached hydrogen (secondary N) is 1. The zero-order valence-corrected chi connectivity index (χ0v) is 21.7. The summed E-state index contributed by atoms with van der Waals surface area (Å²) in [6.07, 6.45) is 1.96. The van der Waals surface area contributed by atoms with Gasteiger partial charge in [0, 0.05) is 22.2 Å². The van der Waals surface area contributed by atoms with Crippen LogP contribution in [0.25, 0.3) is 11.3 Å². The maximum atomic E-state index is 13.7. The smallest absolute Gasteiger partial charge is 0.273 e. The molecule has 194 valence electrons. The van der Waals surface area contributed by atoms with Crippen molar-refractivity contribution in [2.24, 2.45) is 0 Å². The molecule has 2 atom stereocenters. The zero-order valence-electron chi connectivity index (χ0n) is 20.1. The molecule has 2 aliphatic rings. The molecule has 1 fully saturated rings. The minimum absolute atomic E-state index is 0.0147. The second-order valence-electron chi connectivity index (χ2n) is 8.93. The van der Waals surface area contributed by atoms with Crippen LogP contribution in [0, 0.1) is 0 Å². The quantitative estimate of drug-likeness (QED) is 0.410. The van der Waals surface area contributed by atoms with E-state index in [0.717, 1.165) is 0 Å². The van der Waals surface area contributed by atoms with Crippen LogP contribution in [0.3, 0.4) is 0 Å². The highest BCUT2D eigenvalue weighted by Crippen LogP contribution is 2.48. The molecule has 0 radical (unpaired) electrons. The Hall–Kier alpha value is -3.50. The molecule has 9 nitrogen and oxygen atoms in total. The average Bonchev–Trinajstić information content (AvgIpc) is 3.53. The second-order valence-corrected chi connectivity index (χ2v) is 11.6. The lowest BCUT2D eigenvalue weighted by molar-refractivity contribution is 0.0677. The Bertz CT molecular complexity index is 1490. The van der Waals surface area contributed by atoms with E-state index in [1.54, 1.807) is 35.2 Å². The van der Waals surface area contributed by atoms with Crippen molar-refractivity contribution >= 4 is 27.3 Å². The summed E-state index contributed by atoms with van der Waals surface area (Å²) in [7, 11) is -3.27. The van der Waals surface area contributed by atoms with Crippen molar-refractivity contribution in [2.45, 2.75) is 25.4 Å². The van der Waals surface area contributed by atoms with Crippen molar-refractivity contribution in [2.75, 3.05) is 24.7 Å². The maximum Gasteiger partial charge on any atom is 0.273 e. The summed E-state index contributed by atoms with van der Waals surface area (Å²) in [5.74, 6) is 0.495. The molecule has 5 rings (SSSR count). The predicted molar refractivity (Wildman–Crippen MR) is 139 cm³/mol. The number of rotatable bonds is 8. The maximum absolute atomic E-state index is 13.7. The largest absolute Gasteiger partial charge is 0.507 e. The van der Waals surface area contributed by atoms with Crippen LogP contribution < -0.4 is 9.47 Å². The number of ether oxygens (including phenoxy) is 2. The van der Waals surface area contributed by atoms with E-state index in [2.05, 4.69) is 16.8 Å². The van der Waals surface area contributed by atoms with Gasteiger partial charge in [-0.25, -0.2) is 8.42 Å². The highest BCUT2D eigenvalue weighted by molar-refractivity contribution is 7.91. The molecule has 1 saturated heterocycles. The number of phenolic OH excluding ortho intramolecular Hbond substituents is 1. The first-order valence-corrected chi connectivity index (χ1v) is 14.0. The van der Waals surface area contributed by atoms with Crippen LogP contribution >= 0.6 is 11.6 Å². The van der Waals surface area contributed by atoms with Gasteiger partial charge >= 0.3 is 0 Å². The number of phenols is 1. The number of halogens is 1. The van der Waals surface area contributed by atoms with Crippen LogP contribution in [0.4, 0.5) is 0 Å². The van der Waals surface area contributed by atoms with Gasteiger partial charge in [-0.1, -0.05) is 30.3 Å². The van der Waals surface area contributed by atoms with Gasteiger partial charge in [0.2, 0.25) is 0 Å². The molecule has 1 aromatic heterocycles. The number of amides is 1. The minimum Gasteiger partial charge on any atom is -0.507 e. The van der Waals surface area contributed by atoms with Crippen LogP contribution in [-0.2, 0) is 9.84 Å². The van der Waals surface area contributed by atoms with Crippen LogP contribution in [-0.4, -0.2) is 65.3 Å². The van der Waals surface area contributed by atoms with Gasteiger partial charge < -0.3 is 19.5 Å². The van der Waals surface area contributed by atoms with Crippen molar-refractivity contribution in [3.05, 3.63) is 70.9 Å². The van der Waals surface area contributed by atoms with E-state index >= 15 is 0 Å². The van der Waals surface area contributed by atoms with E-state index < -0.39 is 21.9 Å². The Morgan fingerprint density at radius 3 is 2.76 bits per heavy atom. The fraction of sp³-hybridized carbons (Fsp3) is 0.308. The first-order valence-electron chi connectivity index (χ1n) is 11.8. The summed E-state index contributed by atoms with van der Waals surface area (Å²) in [4.78, 5) is 15.3. The van der Waals surface area contributed by atoms with Crippen molar-refractivity contribution in [3.63, 3.8) is 0 Å². The highest BCUT2D eigenvalue weighted by atomic mass is 35.5. The van der Waals surface area contributed by atoms with Gasteiger partial charge in [0.15, 0.2) is 21.3 Å². The average molecular weight is 544 g/mol. The fourth-order valence-corrected chi connectivity index (χ4v) is 6.88. The van der Waals surface area contributed by atoms with Gasteiger partial charge in [-0.3, -0.25) is 9.89 Å². The van der Waals surface area contributed by atoms with Gasteiger partial charge in [0.1, 0.15) is 23.7 Å². The van der Waals surface area contributed by atoms with E-state index in [-0.39, 0.29) is 35.5 Å². The Morgan fingerprint density at radius 2 is 2.05 bits per heavy atom. The Labute approximate surface area is 219 Å². The van der Waals surface area contributed by atoms with Crippen molar-refractivity contribution in [1.82, 2.24) is 15.1 Å². The normalized spacial score (nSPS) is 20.2. The summed E-state index contributed by atoms with van der Waals surface area (Å²) < 4.78 is 36.3. The van der Waals surface area contributed by atoms with E-state index in [0.29, 0.717) is 51.9 Å². The molecule has 0 spiro atoms. The minimum atomic E-state index is -3.27. The number of aromatic hydroxyl groups is 1.